The highest BCUT2D eigenvalue weighted by atomic mass is 19.1. The van der Waals surface area contributed by atoms with Crippen LogP contribution < -0.4 is 10.6 Å². The molecule has 5 rings (SSSR count). The van der Waals surface area contributed by atoms with E-state index in [1.165, 1.54) is 12.1 Å². The average molecular weight is 535 g/mol. The first-order chi connectivity index (χ1) is 18.9. The van der Waals surface area contributed by atoms with Crippen LogP contribution in [0.2, 0.25) is 0 Å². The minimum Gasteiger partial charge on any atom is -0.342 e. The maximum Gasteiger partial charge on any atom is 0.319 e. The van der Waals surface area contributed by atoms with Crippen LogP contribution in [0.3, 0.4) is 0 Å². The molecule has 2 saturated heterocycles. The topological polar surface area (TPSA) is 108 Å². The van der Waals surface area contributed by atoms with Gasteiger partial charge in [-0.3, -0.25) is 4.79 Å². The molecule has 11 heteroatoms. The number of piperidine rings is 2. The minimum atomic E-state index is -0.344. The van der Waals surface area contributed by atoms with Gasteiger partial charge in [0, 0.05) is 44.0 Å². The van der Waals surface area contributed by atoms with E-state index in [2.05, 4.69) is 31.1 Å². The molecule has 3 amide bonds. The number of nitrogens with one attached hydrogen (secondary N) is 2. The van der Waals surface area contributed by atoms with E-state index < -0.39 is 0 Å². The number of hydrogen-bond donors (Lipinski definition) is 2. The third-order valence-electron chi connectivity index (χ3n) is 7.72. The molecule has 2 N–H and O–H groups in total. The number of amides is 3. The summed E-state index contributed by atoms with van der Waals surface area (Å²) in [5, 5.41) is 17.5. The van der Waals surface area contributed by atoms with Crippen molar-refractivity contribution in [2.45, 2.75) is 31.7 Å². The van der Waals surface area contributed by atoms with Crippen LogP contribution >= 0.6 is 0 Å². The van der Waals surface area contributed by atoms with Crippen LogP contribution in [0.5, 0.6) is 0 Å². The molecule has 10 nitrogen and oxygen atoms in total. The number of aryl methyl sites for hydroxylation is 1. The largest absolute Gasteiger partial charge is 0.342 e. The molecular weight excluding hydrogens is 499 g/mol. The van der Waals surface area contributed by atoms with Crippen molar-refractivity contribution >= 4 is 17.6 Å². The summed E-state index contributed by atoms with van der Waals surface area (Å²) in [7, 11) is 3.77. The van der Waals surface area contributed by atoms with Gasteiger partial charge in [-0.05, 0) is 85.4 Å². The summed E-state index contributed by atoms with van der Waals surface area (Å²) in [6, 6.07) is 13.3. The molecule has 0 radical (unpaired) electrons. The highest BCUT2D eigenvalue weighted by molar-refractivity contribution is 5.91. The number of likely N-dealkylation sites (tertiary alicyclic amines) is 2. The second-order valence-electron chi connectivity index (χ2n) is 10.7. The summed E-state index contributed by atoms with van der Waals surface area (Å²) >= 11 is 0. The van der Waals surface area contributed by atoms with Crippen LogP contribution in [-0.4, -0.2) is 81.2 Å². The summed E-state index contributed by atoms with van der Waals surface area (Å²) in [5.41, 5.74) is 2.49. The van der Waals surface area contributed by atoms with Gasteiger partial charge in [0.15, 0.2) is 5.82 Å². The number of carbonyl (C=O) groups is 2. The molecule has 1 aromatic heterocycles. The fourth-order valence-corrected chi connectivity index (χ4v) is 5.70. The summed E-state index contributed by atoms with van der Waals surface area (Å²) in [6.45, 7) is 2.80. The first-order valence-corrected chi connectivity index (χ1v) is 13.5. The Morgan fingerprint density at radius 1 is 1.05 bits per heavy atom. The number of aromatic nitrogens is 4. The zero-order valence-corrected chi connectivity index (χ0v) is 22.4. The summed E-state index contributed by atoms with van der Waals surface area (Å²) in [6.07, 6.45) is 3.50. The van der Waals surface area contributed by atoms with Crippen molar-refractivity contribution < 1.29 is 14.0 Å². The van der Waals surface area contributed by atoms with Crippen molar-refractivity contribution in [3.05, 3.63) is 59.9 Å². The lowest BCUT2D eigenvalue weighted by Gasteiger charge is -2.41. The fraction of sp³-hybridized carbons (Fsp3) is 0.464. The first-order valence-electron chi connectivity index (χ1n) is 13.5. The first kappa shape index (κ1) is 26.7. The molecule has 39 heavy (non-hydrogen) atoms. The van der Waals surface area contributed by atoms with Crippen LogP contribution in [0.15, 0.2) is 48.5 Å². The number of urea groups is 1. The van der Waals surface area contributed by atoms with E-state index in [0.29, 0.717) is 36.9 Å². The molecule has 3 atom stereocenters. The Kier molecular flexibility index (Phi) is 8.16. The lowest BCUT2D eigenvalue weighted by Crippen LogP contribution is -2.57. The van der Waals surface area contributed by atoms with E-state index in [4.69, 9.17) is 0 Å². The highest BCUT2D eigenvalue weighted by Crippen LogP contribution is 2.26. The molecule has 0 saturated carbocycles. The lowest BCUT2D eigenvalue weighted by molar-refractivity contribution is -0.140. The molecule has 3 unspecified atom stereocenters. The Morgan fingerprint density at radius 2 is 1.87 bits per heavy atom. The van der Waals surface area contributed by atoms with Gasteiger partial charge in [-0.15, -0.1) is 5.10 Å². The standard InChI is InChI=1S/C28H35FN8O2/c1-35-14-12-25(31-28(39)30-23-7-3-6-21(16-23)26-32-33-34-36(26)2)24(18-35)27(38)37-13-4-5-20(17-37)15-19-8-10-22(29)11-9-19/h3,6-11,16,20,24-25H,4-5,12-15,17-18H2,1-2H3,(H2,30,31,39). The normalized spacial score (nSPS) is 21.9. The number of hydrogen-bond acceptors (Lipinski definition) is 6. The molecule has 0 aliphatic carbocycles. The van der Waals surface area contributed by atoms with Gasteiger partial charge in [-0.1, -0.05) is 24.3 Å². The number of carbonyl (C=O) groups excluding carboxylic acids is 2. The van der Waals surface area contributed by atoms with E-state index in [-0.39, 0.29) is 29.7 Å². The van der Waals surface area contributed by atoms with Crippen LogP contribution in [0.25, 0.3) is 11.4 Å². The summed E-state index contributed by atoms with van der Waals surface area (Å²) in [4.78, 5) is 30.9. The molecular formula is C28H35FN8O2. The van der Waals surface area contributed by atoms with Crippen molar-refractivity contribution in [2.75, 3.05) is 38.5 Å². The molecule has 3 heterocycles. The Morgan fingerprint density at radius 3 is 2.64 bits per heavy atom. The van der Waals surface area contributed by atoms with Gasteiger partial charge in [0.1, 0.15) is 5.82 Å². The Bertz CT molecular complexity index is 1300. The van der Waals surface area contributed by atoms with Crippen LogP contribution in [-0.2, 0) is 18.3 Å². The maximum absolute atomic E-state index is 13.8. The number of benzene rings is 2. The zero-order valence-electron chi connectivity index (χ0n) is 22.4. The highest BCUT2D eigenvalue weighted by Gasteiger charge is 2.38. The zero-order chi connectivity index (χ0) is 27.4. The molecule has 2 aliphatic rings. The van der Waals surface area contributed by atoms with E-state index in [1.54, 1.807) is 17.8 Å². The molecule has 206 valence electrons. The SMILES string of the molecule is CN1CCC(NC(=O)Nc2cccc(-c3nnnn3C)c2)C(C(=O)N2CCCC(Cc3ccc(F)cc3)C2)C1. The molecule has 0 spiro atoms. The van der Waals surface area contributed by atoms with Crippen molar-refractivity contribution in [2.24, 2.45) is 18.9 Å². The molecule has 2 fully saturated rings. The van der Waals surface area contributed by atoms with Gasteiger partial charge in [-0.2, -0.15) is 0 Å². The Hall–Kier alpha value is -3.86. The third kappa shape index (κ3) is 6.59. The van der Waals surface area contributed by atoms with Crippen LogP contribution in [0, 0.1) is 17.7 Å². The second-order valence-corrected chi connectivity index (χ2v) is 10.7. The molecule has 2 aromatic carbocycles. The van der Waals surface area contributed by atoms with Crippen LogP contribution in [0.1, 0.15) is 24.8 Å². The van der Waals surface area contributed by atoms with Gasteiger partial charge in [-0.25, -0.2) is 13.9 Å². The van der Waals surface area contributed by atoms with E-state index in [0.717, 1.165) is 43.5 Å². The van der Waals surface area contributed by atoms with Gasteiger partial charge < -0.3 is 20.4 Å². The van der Waals surface area contributed by atoms with Crippen molar-refractivity contribution in [1.29, 1.82) is 0 Å². The number of anilines is 1. The van der Waals surface area contributed by atoms with Gasteiger partial charge in [0.25, 0.3) is 0 Å². The van der Waals surface area contributed by atoms with Crippen molar-refractivity contribution in [1.82, 2.24) is 35.3 Å². The fourth-order valence-electron chi connectivity index (χ4n) is 5.70. The number of rotatable bonds is 6. The predicted octanol–water partition coefficient (Wildman–Crippen LogP) is 2.94. The Labute approximate surface area is 227 Å². The van der Waals surface area contributed by atoms with Gasteiger partial charge in [0.05, 0.1) is 5.92 Å². The summed E-state index contributed by atoms with van der Waals surface area (Å²) < 4.78 is 14.9. The lowest BCUT2D eigenvalue weighted by atomic mass is 9.87. The van der Waals surface area contributed by atoms with Gasteiger partial charge in [0.2, 0.25) is 5.91 Å². The summed E-state index contributed by atoms with van der Waals surface area (Å²) in [5.74, 6) is 0.459. The second kappa shape index (κ2) is 11.9. The smallest absolute Gasteiger partial charge is 0.319 e. The van der Waals surface area contributed by atoms with E-state index in [1.807, 2.05) is 42.3 Å². The molecule has 3 aromatic rings. The van der Waals surface area contributed by atoms with E-state index >= 15 is 0 Å². The minimum absolute atomic E-state index is 0.0902. The van der Waals surface area contributed by atoms with Crippen LogP contribution in [0.4, 0.5) is 14.9 Å². The average Bonchev–Trinajstić information content (AvgIpc) is 3.36. The maximum atomic E-state index is 13.8. The van der Waals surface area contributed by atoms with E-state index in [9.17, 15) is 14.0 Å². The number of halogens is 1. The molecule has 0 bridgehead atoms. The number of nitrogens with zero attached hydrogens (tertiary/aromatic N) is 6. The third-order valence-corrected chi connectivity index (χ3v) is 7.72. The van der Waals surface area contributed by atoms with Crippen molar-refractivity contribution in [3.63, 3.8) is 0 Å². The van der Waals surface area contributed by atoms with Gasteiger partial charge >= 0.3 is 6.03 Å². The predicted molar refractivity (Wildman–Crippen MR) is 145 cm³/mol. The number of tetrazole rings is 1. The van der Waals surface area contributed by atoms with Crippen molar-refractivity contribution in [3.8, 4) is 11.4 Å². The molecule has 2 aliphatic heterocycles. The quantitative estimate of drug-likeness (QED) is 0.504. The monoisotopic (exact) mass is 534 g/mol. The Balaban J connectivity index is 1.22.